The molecule has 5 nitrogen and oxygen atoms in total. The number of nitrogens with one attached hydrogen (secondary N) is 1. The third-order valence-electron chi connectivity index (χ3n) is 3.75. The first-order valence-corrected chi connectivity index (χ1v) is 8.79. The van der Waals surface area contributed by atoms with Crippen molar-refractivity contribution in [3.05, 3.63) is 53.9 Å². The number of thioether (sulfide) groups is 1. The maximum atomic E-state index is 12.4. The molecule has 24 heavy (non-hydrogen) atoms. The Hall–Kier alpha value is -1.92. The second-order valence-corrected chi connectivity index (χ2v) is 7.23. The molecule has 0 aliphatic heterocycles. The lowest BCUT2D eigenvalue weighted by molar-refractivity contribution is -0.120. The Labute approximate surface area is 147 Å². The first-order valence-electron chi connectivity index (χ1n) is 7.91. The number of aromatic nitrogens is 2. The molecule has 0 radical (unpaired) electrons. The maximum Gasteiger partial charge on any atom is 0.233 e. The normalized spacial score (nSPS) is 13.5. The molecule has 1 aromatic heterocycles. The average Bonchev–Trinajstić information content (AvgIpc) is 2.57. The molecular formula is C18H24N4OS. The van der Waals surface area contributed by atoms with Crippen molar-refractivity contribution in [2.45, 2.75) is 30.3 Å². The van der Waals surface area contributed by atoms with Crippen LogP contribution in [0, 0.1) is 6.92 Å². The minimum Gasteiger partial charge on any atom is -0.353 e. The van der Waals surface area contributed by atoms with Crippen LogP contribution in [0.2, 0.25) is 0 Å². The molecule has 128 valence electrons. The third-order valence-corrected chi connectivity index (χ3v) is 4.74. The van der Waals surface area contributed by atoms with Crippen LogP contribution in [0.25, 0.3) is 0 Å². The maximum absolute atomic E-state index is 12.4. The van der Waals surface area contributed by atoms with Gasteiger partial charge in [0.2, 0.25) is 5.91 Å². The summed E-state index contributed by atoms with van der Waals surface area (Å²) in [5.74, 6) is -0.00795. The summed E-state index contributed by atoms with van der Waals surface area (Å²) < 4.78 is 0. The van der Waals surface area contributed by atoms with Gasteiger partial charge in [-0.2, -0.15) is 0 Å². The Morgan fingerprint density at radius 3 is 2.42 bits per heavy atom. The van der Waals surface area contributed by atoms with Crippen molar-refractivity contribution in [2.24, 2.45) is 0 Å². The third kappa shape index (κ3) is 5.32. The summed E-state index contributed by atoms with van der Waals surface area (Å²) in [6.45, 7) is 4.50. The van der Waals surface area contributed by atoms with Gasteiger partial charge < -0.3 is 10.2 Å². The Bertz CT molecular complexity index is 646. The van der Waals surface area contributed by atoms with E-state index in [0.29, 0.717) is 11.7 Å². The number of aryl methyl sites for hydroxylation is 1. The first-order chi connectivity index (χ1) is 11.5. The van der Waals surface area contributed by atoms with E-state index < -0.39 is 0 Å². The highest BCUT2D eigenvalue weighted by molar-refractivity contribution is 8.00. The lowest BCUT2D eigenvalue weighted by Gasteiger charge is -2.25. The lowest BCUT2D eigenvalue weighted by Crippen LogP contribution is -2.38. The highest BCUT2D eigenvalue weighted by Gasteiger charge is 2.19. The molecule has 6 heteroatoms. The zero-order chi connectivity index (χ0) is 17.5. The van der Waals surface area contributed by atoms with E-state index >= 15 is 0 Å². The van der Waals surface area contributed by atoms with E-state index in [4.69, 9.17) is 0 Å². The molecule has 0 saturated heterocycles. The van der Waals surface area contributed by atoms with E-state index in [2.05, 4.69) is 51.4 Å². The first kappa shape index (κ1) is 18.4. The fourth-order valence-corrected chi connectivity index (χ4v) is 3.04. The SMILES string of the molecule is Cc1ccc([C@H](CNC(=O)[C@H](C)Sc2ncccn2)N(C)C)cc1. The van der Waals surface area contributed by atoms with Crippen molar-refractivity contribution in [3.63, 3.8) is 0 Å². The van der Waals surface area contributed by atoms with Gasteiger partial charge in [-0.15, -0.1) is 0 Å². The molecule has 0 fully saturated rings. The van der Waals surface area contributed by atoms with E-state index in [1.54, 1.807) is 18.5 Å². The highest BCUT2D eigenvalue weighted by atomic mass is 32.2. The molecule has 0 unspecified atom stereocenters. The molecule has 2 atom stereocenters. The number of rotatable bonds is 7. The van der Waals surface area contributed by atoms with Gasteiger partial charge in [0.15, 0.2) is 5.16 Å². The van der Waals surface area contributed by atoms with Gasteiger partial charge in [-0.1, -0.05) is 41.6 Å². The molecule has 1 heterocycles. The van der Waals surface area contributed by atoms with Crippen molar-refractivity contribution in [3.8, 4) is 0 Å². The Balaban J connectivity index is 1.93. The molecule has 1 N–H and O–H groups in total. The van der Waals surface area contributed by atoms with Crippen molar-refractivity contribution in [1.82, 2.24) is 20.2 Å². The summed E-state index contributed by atoms with van der Waals surface area (Å²) >= 11 is 1.36. The molecule has 0 bridgehead atoms. The van der Waals surface area contributed by atoms with Crippen LogP contribution in [0.15, 0.2) is 47.9 Å². The van der Waals surface area contributed by atoms with E-state index in [0.717, 1.165) is 0 Å². The van der Waals surface area contributed by atoms with Crippen molar-refractivity contribution >= 4 is 17.7 Å². The van der Waals surface area contributed by atoms with Gasteiger partial charge >= 0.3 is 0 Å². The number of amides is 1. The number of benzene rings is 1. The van der Waals surface area contributed by atoms with Gasteiger partial charge in [-0.25, -0.2) is 9.97 Å². The fourth-order valence-electron chi connectivity index (χ4n) is 2.29. The molecule has 2 aromatic rings. The monoisotopic (exact) mass is 344 g/mol. The van der Waals surface area contributed by atoms with Crippen molar-refractivity contribution in [2.75, 3.05) is 20.6 Å². The Morgan fingerprint density at radius 1 is 1.21 bits per heavy atom. The van der Waals surface area contributed by atoms with E-state index in [1.165, 1.54) is 22.9 Å². The molecule has 0 aliphatic carbocycles. The van der Waals surface area contributed by atoms with Gasteiger partial charge in [-0.05, 0) is 39.6 Å². The zero-order valence-electron chi connectivity index (χ0n) is 14.6. The molecule has 0 spiro atoms. The quantitative estimate of drug-likeness (QED) is 0.618. The summed E-state index contributed by atoms with van der Waals surface area (Å²) in [6, 6.07) is 10.3. The largest absolute Gasteiger partial charge is 0.353 e. The Morgan fingerprint density at radius 2 is 1.83 bits per heavy atom. The molecule has 0 aliphatic rings. The average molecular weight is 344 g/mol. The number of carbonyl (C=O) groups is 1. The van der Waals surface area contributed by atoms with Crippen LogP contribution < -0.4 is 5.32 Å². The summed E-state index contributed by atoms with van der Waals surface area (Å²) in [7, 11) is 4.04. The predicted octanol–water partition coefficient (Wildman–Crippen LogP) is 2.68. The second-order valence-electron chi connectivity index (χ2n) is 5.93. The van der Waals surface area contributed by atoms with Gasteiger partial charge in [0.05, 0.1) is 11.3 Å². The van der Waals surface area contributed by atoms with Gasteiger partial charge in [0.1, 0.15) is 0 Å². The van der Waals surface area contributed by atoms with Gasteiger partial charge in [-0.3, -0.25) is 4.79 Å². The number of carbonyl (C=O) groups excluding carboxylic acids is 1. The van der Waals surface area contributed by atoms with Gasteiger partial charge in [0.25, 0.3) is 0 Å². The number of likely N-dealkylation sites (N-methyl/N-ethyl adjacent to an activating group) is 1. The zero-order valence-corrected chi connectivity index (χ0v) is 15.4. The minimum absolute atomic E-state index is 0.00795. The number of hydrogen-bond acceptors (Lipinski definition) is 5. The van der Waals surface area contributed by atoms with E-state index in [1.807, 2.05) is 21.0 Å². The second kappa shape index (κ2) is 8.80. The summed E-state index contributed by atoms with van der Waals surface area (Å²) in [6.07, 6.45) is 3.36. The fraction of sp³-hybridized carbons (Fsp3) is 0.389. The van der Waals surface area contributed by atoms with E-state index in [9.17, 15) is 4.79 Å². The minimum atomic E-state index is -0.242. The number of nitrogens with zero attached hydrogens (tertiary/aromatic N) is 3. The smallest absolute Gasteiger partial charge is 0.233 e. The molecular weight excluding hydrogens is 320 g/mol. The highest BCUT2D eigenvalue weighted by Crippen LogP contribution is 2.20. The van der Waals surface area contributed by atoms with Gasteiger partial charge in [0, 0.05) is 18.9 Å². The van der Waals surface area contributed by atoms with E-state index in [-0.39, 0.29) is 17.2 Å². The lowest BCUT2D eigenvalue weighted by atomic mass is 10.0. The Kier molecular flexibility index (Phi) is 6.75. The summed E-state index contributed by atoms with van der Waals surface area (Å²) in [4.78, 5) is 22.8. The molecule has 2 rings (SSSR count). The standard InChI is InChI=1S/C18H24N4OS/c1-13-6-8-15(9-7-13)16(22(3)4)12-21-17(23)14(2)24-18-19-10-5-11-20-18/h5-11,14,16H,12H2,1-4H3,(H,21,23)/t14-,16-/m0/s1. The van der Waals surface area contributed by atoms with Crippen molar-refractivity contribution in [1.29, 1.82) is 0 Å². The topological polar surface area (TPSA) is 58.1 Å². The van der Waals surface area contributed by atoms with Crippen LogP contribution in [0.5, 0.6) is 0 Å². The molecule has 0 saturated carbocycles. The summed E-state index contributed by atoms with van der Waals surface area (Å²) in [5.41, 5.74) is 2.42. The van der Waals surface area contributed by atoms with Crippen LogP contribution in [-0.4, -0.2) is 46.7 Å². The van der Waals surface area contributed by atoms with Crippen LogP contribution >= 0.6 is 11.8 Å². The van der Waals surface area contributed by atoms with Crippen LogP contribution in [-0.2, 0) is 4.79 Å². The van der Waals surface area contributed by atoms with Crippen LogP contribution in [0.4, 0.5) is 0 Å². The molecule has 1 aromatic carbocycles. The number of hydrogen-bond donors (Lipinski definition) is 1. The summed E-state index contributed by atoms with van der Waals surface area (Å²) in [5, 5.41) is 3.41. The van der Waals surface area contributed by atoms with Crippen LogP contribution in [0.3, 0.4) is 0 Å². The van der Waals surface area contributed by atoms with Crippen molar-refractivity contribution < 1.29 is 4.79 Å². The molecule has 1 amide bonds. The predicted molar refractivity (Wildman–Crippen MR) is 98.0 cm³/mol. The van der Waals surface area contributed by atoms with Crippen LogP contribution in [0.1, 0.15) is 24.1 Å².